The van der Waals surface area contributed by atoms with E-state index >= 15 is 0 Å². The van der Waals surface area contributed by atoms with Gasteiger partial charge in [-0.05, 0) is 60.0 Å². The van der Waals surface area contributed by atoms with E-state index in [1.54, 1.807) is 11.3 Å². The summed E-state index contributed by atoms with van der Waals surface area (Å²) in [7, 11) is 0. The molecule has 0 radical (unpaired) electrons. The number of thiazole rings is 1. The second-order valence-electron chi connectivity index (χ2n) is 13.8. The first-order valence-corrected chi connectivity index (χ1v) is 19.2. The fourth-order valence-electron chi connectivity index (χ4n) is 7.97. The summed E-state index contributed by atoms with van der Waals surface area (Å²) in [5.74, 6) is 1.10. The molecule has 0 bridgehead atoms. The zero-order chi connectivity index (χ0) is 36.7. The Kier molecular flexibility index (Phi) is 6.63. The van der Waals surface area contributed by atoms with Crippen molar-refractivity contribution in [1.82, 2.24) is 34.9 Å². The number of H-pyrrole nitrogens is 2. The Labute approximate surface area is 322 Å². The molecular weight excluding hydrogens is 711 g/mol. The molecule has 9 heteroatoms. The Morgan fingerprint density at radius 3 is 2.18 bits per heavy atom. The molecule has 0 atom stereocenters. The second-order valence-corrected chi connectivity index (χ2v) is 14.9. The zero-order valence-corrected chi connectivity index (χ0v) is 30.3. The van der Waals surface area contributed by atoms with E-state index in [-0.39, 0.29) is 0 Å². The van der Waals surface area contributed by atoms with Crippen molar-refractivity contribution in [2.24, 2.45) is 0 Å². The minimum Gasteiger partial charge on any atom is -0.436 e. The first-order valence-electron chi connectivity index (χ1n) is 18.3. The predicted octanol–water partition coefficient (Wildman–Crippen LogP) is 12.2. The number of benzene rings is 6. The highest BCUT2D eigenvalue weighted by Gasteiger charge is 2.32. The van der Waals surface area contributed by atoms with E-state index in [0.29, 0.717) is 17.3 Å². The Morgan fingerprint density at radius 1 is 0.536 bits per heavy atom. The van der Waals surface area contributed by atoms with Gasteiger partial charge in [0.2, 0.25) is 5.89 Å². The fourth-order valence-corrected chi connectivity index (χ4v) is 8.99. The molecule has 0 aliphatic carbocycles. The van der Waals surface area contributed by atoms with Gasteiger partial charge in [-0.15, -0.1) is 11.3 Å². The summed E-state index contributed by atoms with van der Waals surface area (Å²) in [6, 6.07) is 49.3. The lowest BCUT2D eigenvalue weighted by Gasteiger charge is -2.17. The number of nitrogens with one attached hydrogen (secondary N) is 2. The smallest absolute Gasteiger partial charge is 0.228 e. The van der Waals surface area contributed by atoms with Crippen LogP contribution in [-0.2, 0) is 0 Å². The van der Waals surface area contributed by atoms with Crippen LogP contribution in [0.3, 0.4) is 0 Å². The molecule has 0 fully saturated rings. The second kappa shape index (κ2) is 12.0. The molecule has 0 amide bonds. The van der Waals surface area contributed by atoms with Gasteiger partial charge in [0.1, 0.15) is 21.7 Å². The topological polar surface area (TPSA) is 109 Å². The Hall–Kier alpha value is -7.49. The van der Waals surface area contributed by atoms with Gasteiger partial charge in [0.15, 0.2) is 11.4 Å². The zero-order valence-electron chi connectivity index (χ0n) is 29.5. The summed E-state index contributed by atoms with van der Waals surface area (Å²) < 4.78 is 7.85. The first-order chi connectivity index (χ1) is 27.7. The number of imidazole rings is 1. The van der Waals surface area contributed by atoms with Crippen LogP contribution in [0.4, 0.5) is 0 Å². The number of hydrogen-bond donors (Lipinski definition) is 2. The fraction of sp³-hybridized carbons (Fsp3) is 0. The summed E-state index contributed by atoms with van der Waals surface area (Å²) in [6.45, 7) is 0. The Balaban J connectivity index is 1.31. The van der Waals surface area contributed by atoms with Crippen molar-refractivity contribution in [3.05, 3.63) is 152 Å². The SMILES string of the molecule is c1ccc2nc(-c3c(-c4nc5ccccc5o4)c(-c4cc5ccccc5[nH]4)c(-c4nc5ccccc5s4)c4nc(-c5nccc6ccccc56)[nH]c34)ccc2c1. The maximum atomic E-state index is 6.77. The average molecular weight is 738 g/mol. The summed E-state index contributed by atoms with van der Waals surface area (Å²) in [5, 5.41) is 5.02. The Morgan fingerprint density at radius 2 is 1.30 bits per heavy atom. The van der Waals surface area contributed by atoms with Gasteiger partial charge in [0.25, 0.3) is 0 Å². The number of hydrogen-bond acceptors (Lipinski definition) is 7. The molecule has 6 aromatic heterocycles. The number of fused-ring (bicyclic) bond motifs is 6. The monoisotopic (exact) mass is 737 g/mol. The molecule has 6 aromatic carbocycles. The van der Waals surface area contributed by atoms with Crippen LogP contribution < -0.4 is 0 Å². The van der Waals surface area contributed by atoms with Gasteiger partial charge < -0.3 is 14.4 Å². The number of aromatic amines is 2. The highest BCUT2D eigenvalue weighted by atomic mass is 32.1. The summed E-state index contributed by atoms with van der Waals surface area (Å²) in [6.07, 6.45) is 1.84. The van der Waals surface area contributed by atoms with Crippen molar-refractivity contribution in [3.63, 3.8) is 0 Å². The van der Waals surface area contributed by atoms with E-state index in [1.807, 2.05) is 79.0 Å². The summed E-state index contributed by atoms with van der Waals surface area (Å²) >= 11 is 1.64. The largest absolute Gasteiger partial charge is 0.436 e. The summed E-state index contributed by atoms with van der Waals surface area (Å²) in [4.78, 5) is 33.8. The summed E-state index contributed by atoms with van der Waals surface area (Å²) in [5.41, 5.74) is 11.5. The molecule has 12 rings (SSSR count). The van der Waals surface area contributed by atoms with Crippen LogP contribution in [0.15, 0.2) is 156 Å². The van der Waals surface area contributed by atoms with Crippen molar-refractivity contribution >= 4 is 76.3 Å². The molecule has 56 heavy (non-hydrogen) atoms. The van der Waals surface area contributed by atoms with E-state index < -0.39 is 0 Å². The number of nitrogens with zero attached hydrogens (tertiary/aromatic N) is 5. The highest BCUT2D eigenvalue weighted by Crippen LogP contribution is 2.52. The lowest BCUT2D eigenvalue weighted by atomic mass is 9.89. The predicted molar refractivity (Wildman–Crippen MR) is 226 cm³/mol. The van der Waals surface area contributed by atoms with Crippen LogP contribution in [-0.4, -0.2) is 34.9 Å². The molecule has 6 heterocycles. The average Bonchev–Trinajstić information content (AvgIpc) is 4.06. The van der Waals surface area contributed by atoms with Crippen LogP contribution >= 0.6 is 11.3 Å². The molecule has 0 saturated heterocycles. The number of aromatic nitrogens is 7. The molecule has 0 unspecified atom stereocenters. The molecule has 0 spiro atoms. The number of pyridine rings is 2. The minimum absolute atomic E-state index is 0.466. The third kappa shape index (κ3) is 4.74. The number of para-hydroxylation sites is 5. The normalized spacial score (nSPS) is 11.9. The molecule has 12 aromatic rings. The van der Waals surface area contributed by atoms with Gasteiger partial charge >= 0.3 is 0 Å². The van der Waals surface area contributed by atoms with E-state index in [4.69, 9.17) is 29.3 Å². The van der Waals surface area contributed by atoms with Gasteiger partial charge in [-0.25, -0.2) is 19.9 Å². The van der Waals surface area contributed by atoms with Crippen LogP contribution in [0, 0.1) is 0 Å². The molecular formula is C47H27N7OS. The lowest BCUT2D eigenvalue weighted by molar-refractivity contribution is 0.620. The molecule has 2 N–H and O–H groups in total. The third-order valence-electron chi connectivity index (χ3n) is 10.5. The molecule has 0 saturated carbocycles. The van der Waals surface area contributed by atoms with Crippen molar-refractivity contribution in [2.75, 3.05) is 0 Å². The van der Waals surface area contributed by atoms with Crippen LogP contribution in [0.1, 0.15) is 0 Å². The van der Waals surface area contributed by atoms with Gasteiger partial charge in [-0.2, -0.15) is 0 Å². The van der Waals surface area contributed by atoms with Gasteiger partial charge in [-0.3, -0.25) is 4.98 Å². The molecule has 8 nitrogen and oxygen atoms in total. The number of rotatable bonds is 5. The lowest BCUT2D eigenvalue weighted by Crippen LogP contribution is -1.99. The number of oxazole rings is 1. The first kappa shape index (κ1) is 30.9. The quantitative estimate of drug-likeness (QED) is 0.182. The maximum absolute atomic E-state index is 6.77. The maximum Gasteiger partial charge on any atom is 0.228 e. The molecule has 262 valence electrons. The van der Waals surface area contributed by atoms with E-state index in [0.717, 1.165) is 104 Å². The highest BCUT2D eigenvalue weighted by molar-refractivity contribution is 7.21. The Bertz CT molecular complexity index is 3410. The molecule has 0 aliphatic rings. The van der Waals surface area contributed by atoms with Crippen LogP contribution in [0.5, 0.6) is 0 Å². The van der Waals surface area contributed by atoms with Crippen molar-refractivity contribution < 1.29 is 4.42 Å². The van der Waals surface area contributed by atoms with Crippen molar-refractivity contribution in [2.45, 2.75) is 0 Å². The molecule has 0 aliphatic heterocycles. The van der Waals surface area contributed by atoms with Gasteiger partial charge in [0.05, 0.1) is 32.5 Å². The van der Waals surface area contributed by atoms with Gasteiger partial charge in [-0.1, -0.05) is 91.0 Å². The van der Waals surface area contributed by atoms with E-state index in [1.165, 1.54) is 0 Å². The van der Waals surface area contributed by atoms with Crippen LogP contribution in [0.2, 0.25) is 0 Å². The van der Waals surface area contributed by atoms with E-state index in [2.05, 4.69) is 82.8 Å². The van der Waals surface area contributed by atoms with Crippen molar-refractivity contribution in [3.8, 4) is 56.1 Å². The minimum atomic E-state index is 0.466. The van der Waals surface area contributed by atoms with Crippen molar-refractivity contribution in [1.29, 1.82) is 0 Å². The van der Waals surface area contributed by atoms with Crippen LogP contribution in [0.25, 0.3) is 121 Å². The van der Waals surface area contributed by atoms with Gasteiger partial charge in [0, 0.05) is 50.3 Å². The standard InChI is InChI=1S/C47H27N7OS/c1-4-14-29-26(11-1)23-24-48-42(29)45-53-43-39(34-22-21-27-12-2-5-15-30(27)49-34)40(46-51-32-17-7-9-19-36(32)55-46)38(35-25-28-13-3-6-16-31(28)50-35)41(44(43)54-45)47-52-33-18-8-10-20-37(33)56-47/h1-25,50H,(H,53,54). The third-order valence-corrected chi connectivity index (χ3v) is 11.6. The van der Waals surface area contributed by atoms with E-state index in [9.17, 15) is 0 Å².